The van der Waals surface area contributed by atoms with Crippen molar-refractivity contribution in [2.24, 2.45) is 0 Å². The molecule has 2 N–H and O–H groups in total. The molecule has 3 aromatic rings. The van der Waals surface area contributed by atoms with Gasteiger partial charge >= 0.3 is 6.09 Å². The van der Waals surface area contributed by atoms with Gasteiger partial charge in [-0.1, -0.05) is 0 Å². The second-order valence-electron chi connectivity index (χ2n) is 4.61. The van der Waals surface area contributed by atoms with Crippen molar-refractivity contribution in [3.63, 3.8) is 0 Å². The lowest BCUT2D eigenvalue weighted by molar-refractivity contribution is 0.206. The van der Waals surface area contributed by atoms with E-state index >= 15 is 0 Å². The zero-order chi connectivity index (χ0) is 17.1. The Morgan fingerprint density at radius 3 is 2.67 bits per heavy atom. The monoisotopic (exact) mass is 344 g/mol. The summed E-state index contributed by atoms with van der Waals surface area (Å²) in [6, 6.07) is 8.21. The fourth-order valence-electron chi connectivity index (χ4n) is 2.08. The van der Waals surface area contributed by atoms with Gasteiger partial charge in [0.1, 0.15) is 11.3 Å². The van der Waals surface area contributed by atoms with Crippen LogP contribution in [0.1, 0.15) is 0 Å². The molecule has 0 aliphatic rings. The molecule has 2 aromatic heterocycles. The molecule has 3 rings (SSSR count). The molecule has 0 atom stereocenters. The van der Waals surface area contributed by atoms with E-state index in [-0.39, 0.29) is 5.56 Å². The van der Waals surface area contributed by atoms with E-state index < -0.39 is 6.09 Å². The van der Waals surface area contributed by atoms with Gasteiger partial charge in [0, 0.05) is 18.5 Å². The standard InChI is InChI=1S/C15H12N4O4S/c1-24-19(15(21)22)9-2-4-10(5-3-9)23-11-6-7-16-14-13(11)17-8-12(20)18-14/h2-8H,1H3,(H,21,22)(H,16,18,20). The van der Waals surface area contributed by atoms with E-state index in [4.69, 9.17) is 9.84 Å². The number of hydrogen-bond donors (Lipinski definition) is 2. The third-order valence-electron chi connectivity index (χ3n) is 3.10. The number of anilines is 1. The van der Waals surface area contributed by atoms with Crippen LogP contribution in [0.25, 0.3) is 11.2 Å². The average molecular weight is 344 g/mol. The quantitative estimate of drug-likeness (QED) is 0.700. The molecule has 0 saturated carbocycles. The molecule has 1 aromatic carbocycles. The summed E-state index contributed by atoms with van der Waals surface area (Å²) in [5.41, 5.74) is 0.931. The van der Waals surface area contributed by atoms with Gasteiger partial charge in [0.2, 0.25) is 0 Å². The average Bonchev–Trinajstić information content (AvgIpc) is 2.56. The van der Waals surface area contributed by atoms with E-state index in [2.05, 4.69) is 15.0 Å². The molecule has 0 saturated heterocycles. The van der Waals surface area contributed by atoms with Crippen molar-refractivity contribution in [1.82, 2.24) is 15.0 Å². The molecule has 0 unspecified atom stereocenters. The molecule has 0 radical (unpaired) electrons. The van der Waals surface area contributed by atoms with Crippen LogP contribution in [0.4, 0.5) is 10.5 Å². The van der Waals surface area contributed by atoms with E-state index in [1.54, 1.807) is 36.6 Å². The fraction of sp³-hybridized carbons (Fsp3) is 0.0667. The van der Waals surface area contributed by atoms with Gasteiger partial charge in [0.25, 0.3) is 5.56 Å². The number of nitrogens with zero attached hydrogens (tertiary/aromatic N) is 3. The normalized spacial score (nSPS) is 10.5. The van der Waals surface area contributed by atoms with Crippen molar-refractivity contribution in [2.45, 2.75) is 0 Å². The molecule has 1 amide bonds. The molecule has 0 aliphatic heterocycles. The zero-order valence-corrected chi connectivity index (χ0v) is 13.3. The van der Waals surface area contributed by atoms with Gasteiger partial charge in [-0.25, -0.2) is 19.1 Å². The maximum absolute atomic E-state index is 11.3. The van der Waals surface area contributed by atoms with E-state index in [1.807, 2.05) is 0 Å². The minimum Gasteiger partial charge on any atom is -0.464 e. The lowest BCUT2D eigenvalue weighted by atomic mass is 10.3. The Morgan fingerprint density at radius 2 is 2.00 bits per heavy atom. The van der Waals surface area contributed by atoms with Crippen molar-refractivity contribution in [3.05, 3.63) is 53.1 Å². The number of carbonyl (C=O) groups is 1. The number of aromatic amines is 1. The number of carboxylic acid groups (broad SMARTS) is 1. The second-order valence-corrected chi connectivity index (χ2v) is 5.34. The minimum absolute atomic E-state index is 0.330. The smallest absolute Gasteiger partial charge is 0.422 e. The Hall–Kier alpha value is -3.07. The summed E-state index contributed by atoms with van der Waals surface area (Å²) in [4.78, 5) is 33.0. The Kier molecular flexibility index (Phi) is 4.34. The summed E-state index contributed by atoms with van der Waals surface area (Å²) < 4.78 is 6.90. The highest BCUT2D eigenvalue weighted by molar-refractivity contribution is 8.00. The number of rotatable bonds is 4. The fourth-order valence-corrected chi connectivity index (χ4v) is 2.57. The Bertz CT molecular complexity index is 942. The third kappa shape index (κ3) is 3.15. The molecule has 24 heavy (non-hydrogen) atoms. The van der Waals surface area contributed by atoms with Gasteiger partial charge in [0.15, 0.2) is 11.4 Å². The summed E-state index contributed by atoms with van der Waals surface area (Å²) in [7, 11) is 0. The molecule has 0 fully saturated rings. The van der Waals surface area contributed by atoms with Crippen molar-refractivity contribution in [2.75, 3.05) is 10.6 Å². The number of aromatic nitrogens is 3. The summed E-state index contributed by atoms with van der Waals surface area (Å²) >= 11 is 1.09. The van der Waals surface area contributed by atoms with E-state index in [0.29, 0.717) is 28.4 Å². The minimum atomic E-state index is -1.05. The summed E-state index contributed by atoms with van der Waals surface area (Å²) in [5.74, 6) is 0.939. The Balaban J connectivity index is 1.89. The SMILES string of the molecule is CSN(C(=O)O)c1ccc(Oc2ccnc3[nH]c(=O)cnc23)cc1. The second kappa shape index (κ2) is 6.59. The lowest BCUT2D eigenvalue weighted by Gasteiger charge is -2.15. The third-order valence-corrected chi connectivity index (χ3v) is 3.83. The Labute approximate surface area is 140 Å². The molecule has 0 aliphatic carbocycles. The first-order chi connectivity index (χ1) is 11.6. The van der Waals surface area contributed by atoms with Crippen molar-refractivity contribution >= 4 is 34.9 Å². The number of amides is 1. The van der Waals surface area contributed by atoms with Crippen LogP contribution in [0.5, 0.6) is 11.5 Å². The first-order valence-electron chi connectivity index (χ1n) is 6.77. The molecular weight excluding hydrogens is 332 g/mol. The number of H-pyrrole nitrogens is 1. The van der Waals surface area contributed by atoms with Crippen molar-refractivity contribution < 1.29 is 14.6 Å². The topological polar surface area (TPSA) is 108 Å². The van der Waals surface area contributed by atoms with E-state index in [1.165, 1.54) is 6.20 Å². The van der Waals surface area contributed by atoms with E-state index in [9.17, 15) is 9.59 Å². The summed E-state index contributed by atoms with van der Waals surface area (Å²) in [5, 5.41) is 9.10. The van der Waals surface area contributed by atoms with Gasteiger partial charge in [-0.05, 0) is 36.2 Å². The van der Waals surface area contributed by atoms with Gasteiger partial charge < -0.3 is 14.8 Å². The number of pyridine rings is 1. The lowest BCUT2D eigenvalue weighted by Crippen LogP contribution is -2.20. The number of ether oxygens (including phenoxy) is 1. The predicted octanol–water partition coefficient (Wildman–Crippen LogP) is 2.87. The first kappa shape index (κ1) is 15.8. The number of benzene rings is 1. The van der Waals surface area contributed by atoms with Gasteiger partial charge in [-0.15, -0.1) is 0 Å². The first-order valence-corrected chi connectivity index (χ1v) is 7.96. The van der Waals surface area contributed by atoms with Crippen molar-refractivity contribution in [1.29, 1.82) is 0 Å². The van der Waals surface area contributed by atoms with Crippen LogP contribution in [0.2, 0.25) is 0 Å². The van der Waals surface area contributed by atoms with Crippen LogP contribution in [-0.4, -0.2) is 32.4 Å². The van der Waals surface area contributed by atoms with Gasteiger partial charge in [-0.2, -0.15) is 0 Å². The van der Waals surface area contributed by atoms with Gasteiger partial charge in [-0.3, -0.25) is 4.79 Å². The van der Waals surface area contributed by atoms with Crippen molar-refractivity contribution in [3.8, 4) is 11.5 Å². The Morgan fingerprint density at radius 1 is 1.25 bits per heavy atom. The maximum atomic E-state index is 11.3. The van der Waals surface area contributed by atoms with E-state index in [0.717, 1.165) is 22.4 Å². The maximum Gasteiger partial charge on any atom is 0.422 e. The molecule has 2 heterocycles. The van der Waals surface area contributed by atoms with Crippen LogP contribution < -0.4 is 14.6 Å². The number of hydrogen-bond acceptors (Lipinski definition) is 6. The number of nitrogens with one attached hydrogen (secondary N) is 1. The number of fused-ring (bicyclic) bond motifs is 1. The van der Waals surface area contributed by atoms with Crippen LogP contribution >= 0.6 is 11.9 Å². The van der Waals surface area contributed by atoms with Crippen LogP contribution in [0.3, 0.4) is 0 Å². The summed E-state index contributed by atoms with van der Waals surface area (Å²) in [6.45, 7) is 0. The molecule has 0 bridgehead atoms. The molecule has 0 spiro atoms. The highest BCUT2D eigenvalue weighted by Gasteiger charge is 2.13. The highest BCUT2D eigenvalue weighted by Crippen LogP contribution is 2.29. The van der Waals surface area contributed by atoms with Gasteiger partial charge in [0.05, 0.1) is 11.9 Å². The van der Waals surface area contributed by atoms with Crippen LogP contribution in [-0.2, 0) is 0 Å². The van der Waals surface area contributed by atoms with Crippen LogP contribution in [0, 0.1) is 0 Å². The summed E-state index contributed by atoms with van der Waals surface area (Å²) in [6.07, 6.45) is 3.28. The zero-order valence-electron chi connectivity index (χ0n) is 12.5. The molecule has 9 heteroatoms. The molecular formula is C15H12N4O4S. The largest absolute Gasteiger partial charge is 0.464 e. The predicted molar refractivity (Wildman–Crippen MR) is 90.7 cm³/mol. The van der Waals surface area contributed by atoms with Crippen LogP contribution in [0.15, 0.2) is 47.5 Å². The highest BCUT2D eigenvalue weighted by atomic mass is 32.2. The molecule has 122 valence electrons. The molecule has 8 nitrogen and oxygen atoms in total.